The van der Waals surface area contributed by atoms with Crippen LogP contribution in [-0.2, 0) is 0 Å². The van der Waals surface area contributed by atoms with Crippen LogP contribution in [0.15, 0.2) is 10.7 Å². The summed E-state index contributed by atoms with van der Waals surface area (Å²) in [7, 11) is 0. The fourth-order valence-electron chi connectivity index (χ4n) is 0.897. The number of alkyl halides is 2. The average molecular weight is 266 g/mol. The first-order chi connectivity index (χ1) is 6.45. The van der Waals surface area contributed by atoms with Gasteiger partial charge in [0.2, 0.25) is 0 Å². The Bertz CT molecular complexity index is 383. The van der Waals surface area contributed by atoms with Crippen molar-refractivity contribution >= 4 is 27.7 Å². The number of pyridine rings is 1. The minimum Gasteiger partial charge on any atom is -0.383 e. The van der Waals surface area contributed by atoms with E-state index in [9.17, 15) is 13.6 Å². The lowest BCUT2D eigenvalue weighted by Crippen LogP contribution is -2.14. The maximum absolute atomic E-state index is 12.4. The SMILES string of the molecule is NC(=O)c1cnc(N)c(C(F)F)c1Br. The Labute approximate surface area is 86.4 Å². The maximum atomic E-state index is 12.4. The van der Waals surface area contributed by atoms with Gasteiger partial charge in [-0.1, -0.05) is 0 Å². The number of anilines is 1. The fourth-order valence-corrected chi connectivity index (χ4v) is 1.57. The van der Waals surface area contributed by atoms with E-state index in [4.69, 9.17) is 11.5 Å². The topological polar surface area (TPSA) is 82.0 Å². The summed E-state index contributed by atoms with van der Waals surface area (Å²) in [4.78, 5) is 14.2. The van der Waals surface area contributed by atoms with Gasteiger partial charge in [-0.05, 0) is 15.9 Å². The Hall–Kier alpha value is -1.24. The lowest BCUT2D eigenvalue weighted by molar-refractivity contribution is 0.0998. The van der Waals surface area contributed by atoms with E-state index in [1.807, 2.05) is 0 Å². The van der Waals surface area contributed by atoms with Crippen LogP contribution < -0.4 is 11.5 Å². The highest BCUT2D eigenvalue weighted by atomic mass is 79.9. The normalized spacial score (nSPS) is 10.6. The van der Waals surface area contributed by atoms with Crippen molar-refractivity contribution in [2.45, 2.75) is 6.43 Å². The highest BCUT2D eigenvalue weighted by Crippen LogP contribution is 2.33. The zero-order chi connectivity index (χ0) is 10.9. The van der Waals surface area contributed by atoms with Crippen LogP contribution in [0.25, 0.3) is 0 Å². The molecule has 4 N–H and O–H groups in total. The second-order valence-electron chi connectivity index (χ2n) is 2.45. The Balaban J connectivity index is 3.41. The number of nitrogen functional groups attached to an aromatic ring is 1. The van der Waals surface area contributed by atoms with Crippen molar-refractivity contribution in [1.29, 1.82) is 0 Å². The van der Waals surface area contributed by atoms with Gasteiger partial charge in [-0.15, -0.1) is 0 Å². The molecule has 76 valence electrons. The molecule has 0 aliphatic carbocycles. The zero-order valence-corrected chi connectivity index (χ0v) is 8.38. The maximum Gasteiger partial charge on any atom is 0.268 e. The van der Waals surface area contributed by atoms with Crippen molar-refractivity contribution in [2.24, 2.45) is 5.73 Å². The number of hydrogen-bond acceptors (Lipinski definition) is 3. The lowest BCUT2D eigenvalue weighted by atomic mass is 10.2. The molecule has 1 heterocycles. The molecule has 0 spiro atoms. The van der Waals surface area contributed by atoms with Crippen molar-refractivity contribution < 1.29 is 13.6 Å². The second-order valence-corrected chi connectivity index (χ2v) is 3.24. The van der Waals surface area contributed by atoms with Gasteiger partial charge in [0.1, 0.15) is 5.82 Å². The van der Waals surface area contributed by atoms with Crippen molar-refractivity contribution in [1.82, 2.24) is 4.98 Å². The quantitative estimate of drug-likeness (QED) is 0.850. The van der Waals surface area contributed by atoms with E-state index in [1.54, 1.807) is 0 Å². The first kappa shape index (κ1) is 10.8. The summed E-state index contributed by atoms with van der Waals surface area (Å²) in [6.45, 7) is 0. The molecule has 7 heteroatoms. The van der Waals surface area contributed by atoms with E-state index in [0.29, 0.717) is 0 Å². The van der Waals surface area contributed by atoms with Gasteiger partial charge in [0.05, 0.1) is 11.1 Å². The molecule has 0 aromatic carbocycles. The Morgan fingerprint density at radius 3 is 2.57 bits per heavy atom. The molecule has 0 bridgehead atoms. The van der Waals surface area contributed by atoms with E-state index in [1.165, 1.54) is 0 Å². The highest BCUT2D eigenvalue weighted by molar-refractivity contribution is 9.10. The van der Waals surface area contributed by atoms with Gasteiger partial charge in [-0.25, -0.2) is 13.8 Å². The van der Waals surface area contributed by atoms with Crippen LogP contribution in [0.5, 0.6) is 0 Å². The van der Waals surface area contributed by atoms with Crippen LogP contribution in [0.2, 0.25) is 0 Å². The smallest absolute Gasteiger partial charge is 0.268 e. The number of nitrogens with zero attached hydrogens (tertiary/aromatic N) is 1. The molecule has 4 nitrogen and oxygen atoms in total. The van der Waals surface area contributed by atoms with Crippen molar-refractivity contribution in [3.63, 3.8) is 0 Å². The van der Waals surface area contributed by atoms with Gasteiger partial charge in [0, 0.05) is 10.7 Å². The number of carbonyl (C=O) groups is 1. The molecule has 1 rings (SSSR count). The molecular formula is C7H6BrF2N3O. The van der Waals surface area contributed by atoms with Crippen LogP contribution in [0.3, 0.4) is 0 Å². The monoisotopic (exact) mass is 265 g/mol. The van der Waals surface area contributed by atoms with Gasteiger partial charge in [-0.2, -0.15) is 0 Å². The third-order valence-corrected chi connectivity index (χ3v) is 2.42. The van der Waals surface area contributed by atoms with E-state index < -0.39 is 17.9 Å². The molecule has 0 aliphatic heterocycles. The second kappa shape index (κ2) is 3.87. The summed E-state index contributed by atoms with van der Waals surface area (Å²) < 4.78 is 24.8. The third-order valence-electron chi connectivity index (χ3n) is 1.57. The van der Waals surface area contributed by atoms with Crippen LogP contribution in [0.1, 0.15) is 22.3 Å². The Kier molecular flexibility index (Phi) is 3.00. The van der Waals surface area contributed by atoms with E-state index in [2.05, 4.69) is 20.9 Å². The predicted octanol–water partition coefficient (Wildman–Crippen LogP) is 1.46. The molecule has 14 heavy (non-hydrogen) atoms. The van der Waals surface area contributed by atoms with Gasteiger partial charge < -0.3 is 11.5 Å². The molecule has 1 aromatic rings. The molecule has 0 radical (unpaired) electrons. The summed E-state index contributed by atoms with van der Waals surface area (Å²) >= 11 is 2.83. The van der Waals surface area contributed by atoms with Crippen LogP contribution in [0.4, 0.5) is 14.6 Å². The minimum atomic E-state index is -2.81. The van der Waals surface area contributed by atoms with Gasteiger partial charge in [-0.3, -0.25) is 4.79 Å². The van der Waals surface area contributed by atoms with Crippen LogP contribution in [-0.4, -0.2) is 10.9 Å². The zero-order valence-electron chi connectivity index (χ0n) is 6.80. The predicted molar refractivity (Wildman–Crippen MR) is 49.8 cm³/mol. The van der Waals surface area contributed by atoms with Crippen LogP contribution >= 0.6 is 15.9 Å². The first-order valence-corrected chi connectivity index (χ1v) is 4.26. The molecule has 0 unspecified atom stereocenters. The number of amides is 1. The van der Waals surface area contributed by atoms with Gasteiger partial charge in [0.25, 0.3) is 12.3 Å². The molecule has 0 aliphatic rings. The Morgan fingerprint density at radius 1 is 1.57 bits per heavy atom. The molecule has 1 aromatic heterocycles. The fraction of sp³-hybridized carbons (Fsp3) is 0.143. The molecule has 0 saturated heterocycles. The standard InChI is InChI=1S/C7H6BrF2N3O/c8-4-2(7(12)14)1-13-6(11)3(4)5(9)10/h1,5H,(H2,11,13)(H2,12,14). The number of rotatable bonds is 2. The highest BCUT2D eigenvalue weighted by Gasteiger charge is 2.21. The van der Waals surface area contributed by atoms with Crippen molar-refractivity contribution in [3.05, 3.63) is 21.8 Å². The number of halogens is 3. The largest absolute Gasteiger partial charge is 0.383 e. The summed E-state index contributed by atoms with van der Waals surface area (Å²) in [5, 5.41) is 0. The summed E-state index contributed by atoms with van der Waals surface area (Å²) in [5.41, 5.74) is 9.53. The van der Waals surface area contributed by atoms with Gasteiger partial charge >= 0.3 is 0 Å². The first-order valence-electron chi connectivity index (χ1n) is 3.47. The summed E-state index contributed by atoms with van der Waals surface area (Å²) in [6, 6.07) is 0. The number of carbonyl (C=O) groups excluding carboxylic acids is 1. The minimum absolute atomic E-state index is 0.104. The molecular weight excluding hydrogens is 260 g/mol. The summed E-state index contributed by atoms with van der Waals surface area (Å²) in [5.74, 6) is -1.16. The molecule has 0 fully saturated rings. The van der Waals surface area contributed by atoms with Crippen molar-refractivity contribution in [3.8, 4) is 0 Å². The third kappa shape index (κ3) is 1.82. The summed E-state index contributed by atoms with van der Waals surface area (Å²) in [6.07, 6.45) is -1.76. The number of aromatic nitrogens is 1. The van der Waals surface area contributed by atoms with Gasteiger partial charge in [0.15, 0.2) is 0 Å². The average Bonchev–Trinajstić information content (AvgIpc) is 2.02. The molecule has 0 saturated carbocycles. The molecule has 1 amide bonds. The lowest BCUT2D eigenvalue weighted by Gasteiger charge is -2.08. The molecule has 0 atom stereocenters. The number of hydrogen-bond donors (Lipinski definition) is 2. The number of primary amides is 1. The van der Waals surface area contributed by atoms with E-state index in [-0.39, 0.29) is 15.9 Å². The van der Waals surface area contributed by atoms with E-state index in [0.717, 1.165) is 6.20 Å². The van der Waals surface area contributed by atoms with Crippen LogP contribution in [0, 0.1) is 0 Å². The van der Waals surface area contributed by atoms with Crippen molar-refractivity contribution in [2.75, 3.05) is 5.73 Å². The Morgan fingerprint density at radius 2 is 2.14 bits per heavy atom. The number of nitrogens with two attached hydrogens (primary N) is 2. The van der Waals surface area contributed by atoms with E-state index >= 15 is 0 Å².